The van der Waals surface area contributed by atoms with Gasteiger partial charge in [-0.15, -0.1) is 0 Å². The third-order valence-electron chi connectivity index (χ3n) is 15.7. The molecule has 15 aromatic carbocycles. The number of aromatic hydroxyl groups is 1. The van der Waals surface area contributed by atoms with E-state index in [0.29, 0.717) is 6.61 Å². The molecule has 0 radical (unpaired) electrons. The lowest BCUT2D eigenvalue weighted by Crippen LogP contribution is -1.91. The number of hydrogen-bond acceptors (Lipinski definition) is 2. The van der Waals surface area contributed by atoms with Crippen LogP contribution in [0.25, 0.3) is 152 Å². The number of phenolic OH excluding ortho intramolecular Hbond substituents is 1. The van der Waals surface area contributed by atoms with Crippen molar-refractivity contribution in [2.75, 3.05) is 6.61 Å². The smallest absolute Gasteiger partial charge is 0.119 e. The van der Waals surface area contributed by atoms with Crippen LogP contribution in [0.1, 0.15) is 31.9 Å². The van der Waals surface area contributed by atoms with Crippen LogP contribution in [-0.2, 0) is 12.8 Å². The van der Waals surface area contributed by atoms with Crippen molar-refractivity contribution in [1.29, 1.82) is 0 Å². The molecular formula is C64H42O2. The molecule has 0 atom stereocenters. The van der Waals surface area contributed by atoms with E-state index >= 15 is 0 Å². The molecule has 0 bridgehead atoms. The fourth-order valence-corrected chi connectivity index (χ4v) is 13.2. The minimum atomic E-state index is 0.285. The van der Waals surface area contributed by atoms with E-state index in [2.05, 4.69) is 147 Å². The summed E-state index contributed by atoms with van der Waals surface area (Å²) in [5, 5.41) is 42.6. The first-order chi connectivity index (χ1) is 32.6. The molecule has 0 aliphatic carbocycles. The molecule has 0 saturated carbocycles. The van der Waals surface area contributed by atoms with Gasteiger partial charge < -0.3 is 9.84 Å². The van der Waals surface area contributed by atoms with Gasteiger partial charge in [0.15, 0.2) is 0 Å². The van der Waals surface area contributed by atoms with Crippen LogP contribution in [0.5, 0.6) is 11.5 Å². The molecule has 0 amide bonds. The van der Waals surface area contributed by atoms with Gasteiger partial charge >= 0.3 is 0 Å². The number of phenols is 1. The predicted octanol–water partition coefficient (Wildman–Crippen LogP) is 17.8. The van der Waals surface area contributed by atoms with Gasteiger partial charge in [0.25, 0.3) is 0 Å². The zero-order valence-electron chi connectivity index (χ0n) is 37.0. The van der Waals surface area contributed by atoms with Crippen LogP contribution in [0.2, 0.25) is 0 Å². The lowest BCUT2D eigenvalue weighted by molar-refractivity contribution is 0.340. The molecule has 15 rings (SSSR count). The topological polar surface area (TPSA) is 29.5 Å². The first kappa shape index (κ1) is 36.4. The highest BCUT2D eigenvalue weighted by molar-refractivity contribution is 6.48. The Morgan fingerprint density at radius 2 is 0.621 bits per heavy atom. The van der Waals surface area contributed by atoms with Gasteiger partial charge in [-0.2, -0.15) is 0 Å². The standard InChI is InChI=1S/C64H42O2/c1-4-37-57-51-29-25-47-43-11-7-9-41-39(33-13-17-35(65)18-14-33)21-23-45(55(41)43)49-27-31-53(63(51)61(47)49)59(57)38(5-2)60-54-32-28-50-46-24-22-40(34-15-19-36(20-16-34)66-6-3)42-10-8-12-44(56(42)46)48-26-30-52(58(37)60)64(54)62(48)50/h7-32,65H,4-6H2,1-3H3. The Labute approximate surface area is 380 Å². The van der Waals surface area contributed by atoms with Crippen molar-refractivity contribution < 1.29 is 9.84 Å². The summed E-state index contributed by atoms with van der Waals surface area (Å²) in [6, 6.07) is 58.7. The van der Waals surface area contributed by atoms with Crippen LogP contribution in [0.4, 0.5) is 0 Å². The van der Waals surface area contributed by atoms with E-state index in [0.717, 1.165) is 24.2 Å². The van der Waals surface area contributed by atoms with Gasteiger partial charge in [0.05, 0.1) is 6.61 Å². The average molecular weight is 843 g/mol. The van der Waals surface area contributed by atoms with Crippen LogP contribution in [-0.4, -0.2) is 11.7 Å². The number of hydrogen-bond donors (Lipinski definition) is 1. The second-order valence-corrected chi connectivity index (χ2v) is 18.6. The molecule has 66 heavy (non-hydrogen) atoms. The molecule has 0 heterocycles. The maximum absolute atomic E-state index is 10.1. The number of fused-ring (bicyclic) bond motifs is 10. The highest BCUT2D eigenvalue weighted by atomic mass is 16.5. The van der Waals surface area contributed by atoms with Crippen LogP contribution < -0.4 is 4.74 Å². The van der Waals surface area contributed by atoms with Crippen molar-refractivity contribution in [3.8, 4) is 33.8 Å². The van der Waals surface area contributed by atoms with Gasteiger partial charge in [-0.25, -0.2) is 0 Å². The van der Waals surface area contributed by atoms with E-state index in [1.165, 1.54) is 157 Å². The van der Waals surface area contributed by atoms with Crippen LogP contribution in [0.15, 0.2) is 158 Å². The Bertz CT molecular complexity index is 4360. The maximum atomic E-state index is 10.1. The van der Waals surface area contributed by atoms with Crippen molar-refractivity contribution in [3.63, 3.8) is 0 Å². The molecule has 15 aromatic rings. The van der Waals surface area contributed by atoms with Crippen molar-refractivity contribution in [1.82, 2.24) is 0 Å². The van der Waals surface area contributed by atoms with Crippen LogP contribution in [0.3, 0.4) is 0 Å². The molecule has 1 N–H and O–H groups in total. The summed E-state index contributed by atoms with van der Waals surface area (Å²) >= 11 is 0. The highest BCUT2D eigenvalue weighted by Crippen LogP contribution is 2.55. The third kappa shape index (κ3) is 4.38. The SMILES string of the molecule is CCOc1ccc(-c2ccc3c4ccc5c6c(CC)c7c8ccc9c%10ccc(-c%11ccc(O)cc%11)c%11cccc(c%12ccc(c7c(CC)c6c6ccc(c7cccc2c73)c4c65)c8c%129)c%11%10)cc1. The first-order valence-electron chi connectivity index (χ1n) is 23.6. The second kappa shape index (κ2) is 12.9. The summed E-state index contributed by atoms with van der Waals surface area (Å²) < 4.78 is 5.79. The van der Waals surface area contributed by atoms with Crippen molar-refractivity contribution in [2.45, 2.75) is 33.6 Å². The molecule has 0 unspecified atom stereocenters. The lowest BCUT2D eigenvalue weighted by Gasteiger charge is -2.17. The summed E-state index contributed by atoms with van der Waals surface area (Å²) in [5.74, 6) is 1.19. The quantitative estimate of drug-likeness (QED) is 0.133. The summed E-state index contributed by atoms with van der Waals surface area (Å²) in [5.41, 5.74) is 7.68. The summed E-state index contributed by atoms with van der Waals surface area (Å²) in [6.45, 7) is 7.43. The number of aryl methyl sites for hydroxylation is 2. The van der Waals surface area contributed by atoms with Crippen LogP contribution in [0, 0.1) is 0 Å². The van der Waals surface area contributed by atoms with Gasteiger partial charge in [0, 0.05) is 0 Å². The molecule has 2 heteroatoms. The zero-order valence-corrected chi connectivity index (χ0v) is 37.0. The Hall–Kier alpha value is -7.94. The molecule has 310 valence electrons. The van der Waals surface area contributed by atoms with Crippen LogP contribution >= 0.6 is 0 Å². The Kier molecular flexibility index (Phi) is 7.10. The minimum Gasteiger partial charge on any atom is -0.508 e. The fourth-order valence-electron chi connectivity index (χ4n) is 13.2. The molecule has 2 nitrogen and oxygen atoms in total. The number of rotatable bonds is 6. The maximum Gasteiger partial charge on any atom is 0.119 e. The monoisotopic (exact) mass is 842 g/mol. The third-order valence-corrected chi connectivity index (χ3v) is 15.7. The van der Waals surface area contributed by atoms with E-state index in [9.17, 15) is 5.11 Å². The molecule has 0 aromatic heterocycles. The highest BCUT2D eigenvalue weighted by Gasteiger charge is 2.28. The normalized spacial score (nSPS) is 12.7. The second-order valence-electron chi connectivity index (χ2n) is 18.6. The average Bonchev–Trinajstić information content (AvgIpc) is 3.88. The van der Waals surface area contributed by atoms with E-state index in [1.807, 2.05) is 19.1 Å². The van der Waals surface area contributed by atoms with Gasteiger partial charge in [-0.1, -0.05) is 147 Å². The minimum absolute atomic E-state index is 0.285. The lowest BCUT2D eigenvalue weighted by atomic mass is 9.86. The van der Waals surface area contributed by atoms with Gasteiger partial charge in [-0.3, -0.25) is 0 Å². The first-order valence-corrected chi connectivity index (χ1v) is 23.6. The van der Waals surface area contributed by atoms with E-state index in [1.54, 1.807) is 12.1 Å². The largest absolute Gasteiger partial charge is 0.508 e. The van der Waals surface area contributed by atoms with E-state index < -0.39 is 0 Å². The van der Waals surface area contributed by atoms with Gasteiger partial charge in [0.2, 0.25) is 0 Å². The summed E-state index contributed by atoms with van der Waals surface area (Å²) in [6.07, 6.45) is 1.89. The van der Waals surface area contributed by atoms with Crippen molar-refractivity contribution in [2.24, 2.45) is 0 Å². The zero-order chi connectivity index (χ0) is 43.7. The molecular weight excluding hydrogens is 801 g/mol. The number of ether oxygens (including phenoxy) is 1. The van der Waals surface area contributed by atoms with E-state index in [-0.39, 0.29) is 5.75 Å². The molecule has 0 spiro atoms. The van der Waals surface area contributed by atoms with E-state index in [4.69, 9.17) is 4.74 Å². The molecule has 0 aliphatic rings. The van der Waals surface area contributed by atoms with Crippen molar-refractivity contribution in [3.05, 3.63) is 169 Å². The summed E-state index contributed by atoms with van der Waals surface area (Å²) in [7, 11) is 0. The van der Waals surface area contributed by atoms with Gasteiger partial charge in [-0.05, 0) is 207 Å². The van der Waals surface area contributed by atoms with Gasteiger partial charge in [0.1, 0.15) is 11.5 Å². The summed E-state index contributed by atoms with van der Waals surface area (Å²) in [4.78, 5) is 0. The molecule has 0 aliphatic heterocycles. The Morgan fingerprint density at radius 3 is 1.02 bits per heavy atom. The molecule has 0 saturated heterocycles. The predicted molar refractivity (Wildman–Crippen MR) is 284 cm³/mol. The Morgan fingerprint density at radius 1 is 0.303 bits per heavy atom. The molecule has 0 fully saturated rings. The Balaban J connectivity index is 1.03. The number of benzene rings is 13. The van der Waals surface area contributed by atoms with Crippen molar-refractivity contribution >= 4 is 129 Å². The fraction of sp³-hybridized carbons (Fsp3) is 0.0938.